The van der Waals surface area contributed by atoms with E-state index >= 15 is 0 Å². The molecule has 0 aromatic heterocycles. The quantitative estimate of drug-likeness (QED) is 0.838. The van der Waals surface area contributed by atoms with Gasteiger partial charge in [0.05, 0.1) is 20.1 Å². The van der Waals surface area contributed by atoms with E-state index < -0.39 is 11.9 Å². The normalized spacial score (nSPS) is 22.8. The topological polar surface area (TPSA) is 67.8 Å². The van der Waals surface area contributed by atoms with Crippen LogP contribution in [0.3, 0.4) is 0 Å². The molecular weight excluding hydrogens is 234 g/mol. The summed E-state index contributed by atoms with van der Waals surface area (Å²) in [7, 11) is 3.16. The van der Waals surface area contributed by atoms with Crippen LogP contribution in [0.4, 0.5) is 0 Å². The molecule has 0 saturated carbocycles. The summed E-state index contributed by atoms with van der Waals surface area (Å²) in [5, 5.41) is 12.4. The van der Waals surface area contributed by atoms with Gasteiger partial charge in [-0.1, -0.05) is 6.07 Å². The lowest BCUT2D eigenvalue weighted by Gasteiger charge is -2.20. The Labute approximate surface area is 106 Å². The van der Waals surface area contributed by atoms with Crippen LogP contribution in [-0.4, -0.2) is 38.4 Å². The molecule has 1 aromatic carbocycles. The lowest BCUT2D eigenvalue weighted by molar-refractivity contribution is -0.141. The molecule has 1 aliphatic rings. The van der Waals surface area contributed by atoms with Crippen molar-refractivity contribution in [3.8, 4) is 11.5 Å². The fourth-order valence-electron chi connectivity index (χ4n) is 2.49. The maximum absolute atomic E-state index is 11.3. The minimum absolute atomic E-state index is 0.131. The standard InChI is InChI=1S/C13H17NO4/c1-17-10-4-3-5-11(18-2)12(10)8-6-14-7-9(8)13(15)16/h3-5,8-9,14H,6-7H2,1-2H3,(H,15,16). The molecule has 0 bridgehead atoms. The summed E-state index contributed by atoms with van der Waals surface area (Å²) < 4.78 is 10.7. The van der Waals surface area contributed by atoms with E-state index in [1.165, 1.54) is 0 Å². The number of ether oxygens (including phenoxy) is 2. The molecule has 0 amide bonds. The molecule has 1 aromatic rings. The van der Waals surface area contributed by atoms with Crippen LogP contribution in [0.1, 0.15) is 11.5 Å². The van der Waals surface area contributed by atoms with Crippen molar-refractivity contribution in [3.63, 3.8) is 0 Å². The second-order valence-corrected chi connectivity index (χ2v) is 4.29. The van der Waals surface area contributed by atoms with Crippen LogP contribution in [0, 0.1) is 5.92 Å². The van der Waals surface area contributed by atoms with Gasteiger partial charge in [-0.05, 0) is 12.1 Å². The predicted octanol–water partition coefficient (Wildman–Crippen LogP) is 1.09. The number of methoxy groups -OCH3 is 2. The van der Waals surface area contributed by atoms with Crippen molar-refractivity contribution in [1.29, 1.82) is 0 Å². The van der Waals surface area contributed by atoms with Gasteiger partial charge in [0.25, 0.3) is 0 Å². The number of carboxylic acids is 1. The van der Waals surface area contributed by atoms with E-state index in [4.69, 9.17) is 9.47 Å². The Bertz CT molecular complexity index is 424. The van der Waals surface area contributed by atoms with Gasteiger partial charge >= 0.3 is 5.97 Å². The number of aliphatic carboxylic acids is 1. The molecule has 5 heteroatoms. The molecule has 1 fully saturated rings. The van der Waals surface area contributed by atoms with Crippen molar-refractivity contribution in [1.82, 2.24) is 5.32 Å². The monoisotopic (exact) mass is 251 g/mol. The van der Waals surface area contributed by atoms with Gasteiger partial charge in [0.2, 0.25) is 0 Å². The maximum Gasteiger partial charge on any atom is 0.308 e. The second-order valence-electron chi connectivity index (χ2n) is 4.29. The van der Waals surface area contributed by atoms with Gasteiger partial charge in [-0.2, -0.15) is 0 Å². The molecule has 0 radical (unpaired) electrons. The Morgan fingerprint density at radius 2 is 1.89 bits per heavy atom. The Hall–Kier alpha value is -1.75. The van der Waals surface area contributed by atoms with E-state index in [9.17, 15) is 9.90 Å². The van der Waals surface area contributed by atoms with Crippen LogP contribution in [0.2, 0.25) is 0 Å². The molecule has 98 valence electrons. The number of carbonyl (C=O) groups is 1. The first-order valence-electron chi connectivity index (χ1n) is 5.83. The number of nitrogens with one attached hydrogen (secondary N) is 1. The first-order chi connectivity index (χ1) is 8.69. The zero-order chi connectivity index (χ0) is 13.1. The summed E-state index contributed by atoms with van der Waals surface area (Å²) in [6.45, 7) is 1.09. The molecule has 2 rings (SSSR count). The molecule has 1 saturated heterocycles. The number of hydrogen-bond acceptors (Lipinski definition) is 4. The summed E-state index contributed by atoms with van der Waals surface area (Å²) in [5.74, 6) is -0.0228. The van der Waals surface area contributed by atoms with Crippen LogP contribution in [0.25, 0.3) is 0 Å². The lowest BCUT2D eigenvalue weighted by Crippen LogP contribution is -2.21. The summed E-state index contributed by atoms with van der Waals surface area (Å²) in [6, 6.07) is 5.49. The highest BCUT2D eigenvalue weighted by atomic mass is 16.5. The fourth-order valence-corrected chi connectivity index (χ4v) is 2.49. The first kappa shape index (κ1) is 12.7. The zero-order valence-corrected chi connectivity index (χ0v) is 10.5. The van der Waals surface area contributed by atoms with Crippen LogP contribution < -0.4 is 14.8 Å². The Morgan fingerprint density at radius 3 is 2.39 bits per heavy atom. The van der Waals surface area contributed by atoms with Gasteiger partial charge in [0, 0.05) is 24.6 Å². The molecule has 2 unspecified atom stereocenters. The fraction of sp³-hybridized carbons (Fsp3) is 0.462. The maximum atomic E-state index is 11.3. The highest BCUT2D eigenvalue weighted by molar-refractivity contribution is 5.73. The summed E-state index contributed by atoms with van der Waals surface area (Å²) >= 11 is 0. The van der Waals surface area contributed by atoms with Crippen molar-refractivity contribution in [2.24, 2.45) is 5.92 Å². The molecule has 0 aliphatic carbocycles. The molecule has 1 aliphatic heterocycles. The highest BCUT2D eigenvalue weighted by Gasteiger charge is 2.37. The number of hydrogen-bond donors (Lipinski definition) is 2. The van der Waals surface area contributed by atoms with Crippen molar-refractivity contribution < 1.29 is 19.4 Å². The highest BCUT2D eigenvalue weighted by Crippen LogP contribution is 2.40. The van der Waals surface area contributed by atoms with Crippen LogP contribution in [0.5, 0.6) is 11.5 Å². The summed E-state index contributed by atoms with van der Waals surface area (Å²) in [6.07, 6.45) is 0. The number of rotatable bonds is 4. The van der Waals surface area contributed by atoms with Crippen molar-refractivity contribution in [2.75, 3.05) is 27.3 Å². The van der Waals surface area contributed by atoms with Crippen molar-refractivity contribution >= 4 is 5.97 Å². The second kappa shape index (κ2) is 5.27. The van der Waals surface area contributed by atoms with Gasteiger partial charge in [0.1, 0.15) is 11.5 Å². The Balaban J connectivity index is 2.45. The minimum atomic E-state index is -0.794. The molecule has 5 nitrogen and oxygen atoms in total. The lowest BCUT2D eigenvalue weighted by atomic mass is 9.87. The van der Waals surface area contributed by atoms with Gasteiger partial charge in [-0.3, -0.25) is 4.79 Å². The third-order valence-corrected chi connectivity index (χ3v) is 3.37. The van der Waals surface area contributed by atoms with E-state index in [1.54, 1.807) is 14.2 Å². The van der Waals surface area contributed by atoms with Crippen LogP contribution >= 0.6 is 0 Å². The van der Waals surface area contributed by atoms with Crippen LogP contribution in [0.15, 0.2) is 18.2 Å². The van der Waals surface area contributed by atoms with Gasteiger partial charge < -0.3 is 19.9 Å². The van der Waals surface area contributed by atoms with E-state index in [2.05, 4.69) is 5.32 Å². The third-order valence-electron chi connectivity index (χ3n) is 3.37. The average Bonchev–Trinajstić information content (AvgIpc) is 2.86. The van der Waals surface area contributed by atoms with Gasteiger partial charge in [-0.25, -0.2) is 0 Å². The molecule has 2 atom stereocenters. The Kier molecular flexibility index (Phi) is 3.72. The van der Waals surface area contributed by atoms with Crippen LogP contribution in [-0.2, 0) is 4.79 Å². The summed E-state index contributed by atoms with van der Waals surface area (Å²) in [4.78, 5) is 11.3. The first-order valence-corrected chi connectivity index (χ1v) is 5.83. The van der Waals surface area contributed by atoms with Gasteiger partial charge in [-0.15, -0.1) is 0 Å². The molecule has 1 heterocycles. The van der Waals surface area contributed by atoms with E-state index in [0.717, 1.165) is 5.56 Å². The smallest absolute Gasteiger partial charge is 0.308 e. The minimum Gasteiger partial charge on any atom is -0.496 e. The number of benzene rings is 1. The molecule has 18 heavy (non-hydrogen) atoms. The predicted molar refractivity (Wildman–Crippen MR) is 66.3 cm³/mol. The van der Waals surface area contributed by atoms with Crippen molar-refractivity contribution in [2.45, 2.75) is 5.92 Å². The Morgan fingerprint density at radius 1 is 1.28 bits per heavy atom. The number of carboxylic acid groups (broad SMARTS) is 1. The van der Waals surface area contributed by atoms with E-state index in [-0.39, 0.29) is 5.92 Å². The van der Waals surface area contributed by atoms with E-state index in [0.29, 0.717) is 24.6 Å². The van der Waals surface area contributed by atoms with Crippen molar-refractivity contribution in [3.05, 3.63) is 23.8 Å². The largest absolute Gasteiger partial charge is 0.496 e. The summed E-state index contributed by atoms with van der Waals surface area (Å²) in [5.41, 5.74) is 0.833. The third kappa shape index (κ3) is 2.13. The zero-order valence-electron chi connectivity index (χ0n) is 10.5. The molecular formula is C13H17NO4. The van der Waals surface area contributed by atoms with Gasteiger partial charge in [0.15, 0.2) is 0 Å². The molecule has 0 spiro atoms. The van der Waals surface area contributed by atoms with E-state index in [1.807, 2.05) is 18.2 Å². The average molecular weight is 251 g/mol. The molecule has 2 N–H and O–H groups in total. The SMILES string of the molecule is COc1cccc(OC)c1C1CNCC1C(=O)O.